The van der Waals surface area contributed by atoms with Crippen LogP contribution < -0.4 is 11.1 Å². The summed E-state index contributed by atoms with van der Waals surface area (Å²) in [5.41, 5.74) is 7.46. The summed E-state index contributed by atoms with van der Waals surface area (Å²) in [5, 5.41) is 6.48. The number of nitrogens with zero attached hydrogens (tertiary/aromatic N) is 2. The Morgan fingerprint density at radius 3 is 3.00 bits per heavy atom. The van der Waals surface area contributed by atoms with Crippen LogP contribution in [-0.2, 0) is 13.1 Å². The van der Waals surface area contributed by atoms with Crippen molar-refractivity contribution < 1.29 is 9.32 Å². The molecule has 0 aliphatic heterocycles. The van der Waals surface area contributed by atoms with Crippen LogP contribution in [-0.4, -0.2) is 16.0 Å². The maximum absolute atomic E-state index is 11.9. The summed E-state index contributed by atoms with van der Waals surface area (Å²) in [6.45, 7) is 2.44. The van der Waals surface area contributed by atoms with E-state index >= 15 is 0 Å². The largest absolute Gasteiger partial charge is 0.359 e. The molecule has 0 bridgehead atoms. The van der Waals surface area contributed by atoms with Crippen LogP contribution in [0.1, 0.15) is 27.5 Å². The normalized spacial score (nSPS) is 10.3. The Kier molecular flexibility index (Phi) is 3.69. The highest BCUT2D eigenvalue weighted by Gasteiger charge is 2.08. The van der Waals surface area contributed by atoms with Gasteiger partial charge >= 0.3 is 0 Å². The number of pyridine rings is 1. The Balaban J connectivity index is 1.99. The monoisotopic (exact) mass is 246 g/mol. The summed E-state index contributed by atoms with van der Waals surface area (Å²) >= 11 is 0. The highest BCUT2D eigenvalue weighted by Crippen LogP contribution is 2.04. The molecule has 18 heavy (non-hydrogen) atoms. The van der Waals surface area contributed by atoms with Gasteiger partial charge in [0.25, 0.3) is 5.91 Å². The summed E-state index contributed by atoms with van der Waals surface area (Å²) in [7, 11) is 0. The van der Waals surface area contributed by atoms with Crippen LogP contribution in [0, 0.1) is 6.92 Å². The number of nitrogens with two attached hydrogens (primary N) is 1. The topological polar surface area (TPSA) is 94.0 Å². The van der Waals surface area contributed by atoms with Gasteiger partial charge in [-0.2, -0.15) is 0 Å². The first kappa shape index (κ1) is 12.3. The predicted octanol–water partition coefficient (Wildman–Crippen LogP) is 0.767. The second kappa shape index (κ2) is 5.42. The van der Waals surface area contributed by atoms with Crippen molar-refractivity contribution >= 4 is 5.91 Å². The van der Waals surface area contributed by atoms with Gasteiger partial charge in [0.2, 0.25) is 0 Å². The lowest BCUT2D eigenvalue weighted by Crippen LogP contribution is -2.22. The average Bonchev–Trinajstić information content (AvgIpc) is 2.82. The molecular formula is C12H14N4O2. The molecule has 0 saturated carbocycles. The first-order valence-electron chi connectivity index (χ1n) is 5.54. The van der Waals surface area contributed by atoms with Crippen LogP contribution in [0.2, 0.25) is 0 Å². The Labute approximate surface area is 104 Å². The molecule has 6 heteroatoms. The summed E-state index contributed by atoms with van der Waals surface area (Å²) < 4.78 is 5.00. The van der Waals surface area contributed by atoms with Crippen molar-refractivity contribution in [1.29, 1.82) is 0 Å². The van der Waals surface area contributed by atoms with Gasteiger partial charge in [-0.15, -0.1) is 0 Å². The van der Waals surface area contributed by atoms with Gasteiger partial charge in [-0.05, 0) is 19.1 Å². The van der Waals surface area contributed by atoms with E-state index in [1.54, 1.807) is 24.4 Å². The SMILES string of the molecule is Cc1cc(CNC(=O)c2ccnc(CN)c2)on1. The average molecular weight is 246 g/mol. The zero-order valence-corrected chi connectivity index (χ0v) is 10.0. The van der Waals surface area contributed by atoms with E-state index in [1.807, 2.05) is 6.92 Å². The molecule has 0 aliphatic rings. The second-order valence-corrected chi connectivity index (χ2v) is 3.86. The number of hydrogen-bond acceptors (Lipinski definition) is 5. The number of aromatic nitrogens is 2. The highest BCUT2D eigenvalue weighted by molar-refractivity contribution is 5.94. The number of rotatable bonds is 4. The van der Waals surface area contributed by atoms with Gasteiger partial charge in [0, 0.05) is 24.4 Å². The standard InChI is InChI=1S/C12H14N4O2/c1-8-4-11(18-16-8)7-15-12(17)9-2-3-14-10(5-9)6-13/h2-5H,6-7,13H2,1H3,(H,15,17). The lowest BCUT2D eigenvalue weighted by molar-refractivity contribution is 0.0947. The smallest absolute Gasteiger partial charge is 0.251 e. The quantitative estimate of drug-likeness (QED) is 0.830. The number of aryl methyl sites for hydroxylation is 1. The Bertz CT molecular complexity index is 551. The van der Waals surface area contributed by atoms with Crippen molar-refractivity contribution in [1.82, 2.24) is 15.5 Å². The van der Waals surface area contributed by atoms with Crippen molar-refractivity contribution in [3.63, 3.8) is 0 Å². The van der Waals surface area contributed by atoms with Gasteiger partial charge in [-0.3, -0.25) is 9.78 Å². The molecule has 0 aliphatic carbocycles. The van der Waals surface area contributed by atoms with E-state index in [1.165, 1.54) is 0 Å². The third-order valence-electron chi connectivity index (χ3n) is 2.39. The molecule has 94 valence electrons. The third-order valence-corrected chi connectivity index (χ3v) is 2.39. The van der Waals surface area contributed by atoms with E-state index in [0.717, 1.165) is 5.69 Å². The van der Waals surface area contributed by atoms with Crippen LogP contribution in [0.3, 0.4) is 0 Å². The number of amides is 1. The molecule has 0 atom stereocenters. The van der Waals surface area contributed by atoms with Gasteiger partial charge in [-0.1, -0.05) is 5.16 Å². The number of hydrogen-bond donors (Lipinski definition) is 2. The molecule has 0 unspecified atom stereocenters. The molecule has 3 N–H and O–H groups in total. The maximum atomic E-state index is 11.9. The van der Waals surface area contributed by atoms with Crippen molar-refractivity contribution in [3.05, 3.63) is 47.1 Å². The molecule has 0 aromatic carbocycles. The molecule has 0 spiro atoms. The lowest BCUT2D eigenvalue weighted by Gasteiger charge is -2.03. The molecule has 0 radical (unpaired) electrons. The highest BCUT2D eigenvalue weighted by atomic mass is 16.5. The summed E-state index contributed by atoms with van der Waals surface area (Å²) in [4.78, 5) is 15.9. The van der Waals surface area contributed by atoms with Crippen molar-refractivity contribution in [2.75, 3.05) is 0 Å². The van der Waals surface area contributed by atoms with Crippen molar-refractivity contribution in [2.24, 2.45) is 5.73 Å². The Morgan fingerprint density at radius 1 is 1.50 bits per heavy atom. The minimum atomic E-state index is -0.193. The molecule has 2 aromatic heterocycles. The fourth-order valence-electron chi connectivity index (χ4n) is 1.50. The third kappa shape index (κ3) is 2.92. The molecule has 0 fully saturated rings. The van der Waals surface area contributed by atoms with Crippen LogP contribution in [0.15, 0.2) is 28.9 Å². The number of nitrogens with one attached hydrogen (secondary N) is 1. The van der Waals surface area contributed by atoms with E-state index in [0.29, 0.717) is 30.1 Å². The molecule has 2 heterocycles. The maximum Gasteiger partial charge on any atom is 0.251 e. The van der Waals surface area contributed by atoms with Crippen LogP contribution in [0.25, 0.3) is 0 Å². The van der Waals surface area contributed by atoms with Gasteiger partial charge in [0.1, 0.15) is 0 Å². The molecular weight excluding hydrogens is 232 g/mol. The van der Waals surface area contributed by atoms with E-state index in [9.17, 15) is 4.79 Å². The Morgan fingerprint density at radius 2 is 2.33 bits per heavy atom. The summed E-state index contributed by atoms with van der Waals surface area (Å²) in [6.07, 6.45) is 1.57. The Hall–Kier alpha value is -2.21. The van der Waals surface area contributed by atoms with E-state index in [2.05, 4.69) is 15.5 Å². The minimum absolute atomic E-state index is 0.193. The number of carbonyl (C=O) groups excluding carboxylic acids is 1. The van der Waals surface area contributed by atoms with Gasteiger partial charge in [0.05, 0.1) is 17.9 Å². The van der Waals surface area contributed by atoms with Gasteiger partial charge < -0.3 is 15.6 Å². The van der Waals surface area contributed by atoms with Crippen LogP contribution in [0.5, 0.6) is 0 Å². The minimum Gasteiger partial charge on any atom is -0.359 e. The van der Waals surface area contributed by atoms with Crippen LogP contribution in [0.4, 0.5) is 0 Å². The van der Waals surface area contributed by atoms with E-state index in [-0.39, 0.29) is 5.91 Å². The predicted molar refractivity (Wildman–Crippen MR) is 64.5 cm³/mol. The van der Waals surface area contributed by atoms with Crippen molar-refractivity contribution in [3.8, 4) is 0 Å². The lowest BCUT2D eigenvalue weighted by atomic mass is 10.2. The fraction of sp³-hybridized carbons (Fsp3) is 0.250. The first-order valence-corrected chi connectivity index (χ1v) is 5.54. The van der Waals surface area contributed by atoms with Crippen LogP contribution >= 0.6 is 0 Å². The summed E-state index contributed by atoms with van der Waals surface area (Å²) in [6, 6.07) is 5.08. The molecule has 2 aromatic rings. The first-order chi connectivity index (χ1) is 8.69. The van der Waals surface area contributed by atoms with E-state index < -0.39 is 0 Å². The molecule has 2 rings (SSSR count). The zero-order chi connectivity index (χ0) is 13.0. The summed E-state index contributed by atoms with van der Waals surface area (Å²) in [5.74, 6) is 0.426. The molecule has 0 saturated heterocycles. The van der Waals surface area contributed by atoms with Crippen molar-refractivity contribution in [2.45, 2.75) is 20.0 Å². The zero-order valence-electron chi connectivity index (χ0n) is 10.0. The van der Waals surface area contributed by atoms with E-state index in [4.69, 9.17) is 10.3 Å². The second-order valence-electron chi connectivity index (χ2n) is 3.86. The number of carbonyl (C=O) groups is 1. The van der Waals surface area contributed by atoms with Gasteiger partial charge in [-0.25, -0.2) is 0 Å². The van der Waals surface area contributed by atoms with Gasteiger partial charge in [0.15, 0.2) is 5.76 Å². The molecule has 1 amide bonds. The molecule has 6 nitrogen and oxygen atoms in total. The fourth-order valence-corrected chi connectivity index (χ4v) is 1.50.